The summed E-state index contributed by atoms with van der Waals surface area (Å²) >= 11 is 0. The maximum absolute atomic E-state index is 2.64. The van der Waals surface area contributed by atoms with Gasteiger partial charge in [0.1, 0.15) is 0 Å². The zero-order valence-corrected chi connectivity index (χ0v) is 31.3. The van der Waals surface area contributed by atoms with E-state index in [-0.39, 0.29) is 10.8 Å². The van der Waals surface area contributed by atoms with Crippen LogP contribution in [0.25, 0.3) is 60.5 Å². The minimum Gasteiger partial charge on any atom is -0.311 e. The van der Waals surface area contributed by atoms with Gasteiger partial charge in [-0.25, -0.2) is 0 Å². The highest BCUT2D eigenvalue weighted by molar-refractivity contribution is 6.16. The van der Waals surface area contributed by atoms with Gasteiger partial charge in [-0.3, -0.25) is 0 Å². The number of anilines is 2. The van der Waals surface area contributed by atoms with Gasteiger partial charge in [0.25, 0.3) is 0 Å². The fourth-order valence-corrected chi connectivity index (χ4v) is 9.83. The lowest BCUT2D eigenvalue weighted by Crippen LogP contribution is -2.33. The maximum Gasteiger partial charge on any atom is 0.0582 e. The first-order valence-electron chi connectivity index (χ1n) is 19.4. The molecule has 2 aliphatic heterocycles. The Labute approximate surface area is 317 Å². The Morgan fingerprint density at radius 1 is 0.481 bits per heavy atom. The van der Waals surface area contributed by atoms with Gasteiger partial charge in [-0.15, -0.1) is 0 Å². The van der Waals surface area contributed by atoms with Crippen molar-refractivity contribution in [2.45, 2.75) is 51.4 Å². The van der Waals surface area contributed by atoms with Crippen molar-refractivity contribution in [2.75, 3.05) is 4.90 Å². The monoisotopic (exact) mass is 694 g/mol. The van der Waals surface area contributed by atoms with Crippen LogP contribution in [-0.2, 0) is 10.8 Å². The van der Waals surface area contributed by atoms with E-state index in [0.29, 0.717) is 0 Å². The van der Waals surface area contributed by atoms with E-state index in [4.69, 9.17) is 0 Å². The van der Waals surface area contributed by atoms with Gasteiger partial charge in [0, 0.05) is 38.7 Å². The standard InChI is InChI=1S/C52H42N2/c1-51(2)44-20-13-21-45-50(44)54-48-42(43-30-38(32-47(49(43)54)52(45,3)4)36-23-22-33-14-11-12-15-35(33)28-36)29-37(31-46(48)51)34-24-26-41(27-25-34)53(39-16-7-5-8-17-39)40-18-9-6-10-19-40/h5,7-9,11-32H,6,10H2,1-4H3. The van der Waals surface area contributed by atoms with E-state index in [1.54, 1.807) is 0 Å². The molecule has 7 aromatic carbocycles. The van der Waals surface area contributed by atoms with Gasteiger partial charge in [-0.2, -0.15) is 0 Å². The summed E-state index contributed by atoms with van der Waals surface area (Å²) in [6.45, 7) is 9.71. The molecule has 0 radical (unpaired) electrons. The molecule has 2 nitrogen and oxygen atoms in total. The molecular weight excluding hydrogens is 653 g/mol. The van der Waals surface area contributed by atoms with E-state index in [1.165, 1.54) is 99.8 Å². The summed E-state index contributed by atoms with van der Waals surface area (Å²) in [5.41, 5.74) is 17.9. The van der Waals surface area contributed by atoms with Crippen LogP contribution in [0, 0.1) is 0 Å². The summed E-state index contributed by atoms with van der Waals surface area (Å²) in [6.07, 6.45) is 9.06. The van der Waals surface area contributed by atoms with Crippen molar-refractivity contribution in [2.24, 2.45) is 0 Å². The molecule has 54 heavy (non-hydrogen) atoms. The van der Waals surface area contributed by atoms with Crippen LogP contribution < -0.4 is 4.90 Å². The van der Waals surface area contributed by atoms with E-state index in [1.807, 2.05) is 0 Å². The maximum atomic E-state index is 2.64. The lowest BCUT2D eigenvalue weighted by Gasteiger charge is -2.42. The fourth-order valence-electron chi connectivity index (χ4n) is 9.83. The molecule has 0 saturated heterocycles. The van der Waals surface area contributed by atoms with Crippen LogP contribution in [0.3, 0.4) is 0 Å². The van der Waals surface area contributed by atoms with Crippen molar-refractivity contribution in [3.63, 3.8) is 0 Å². The summed E-state index contributed by atoms with van der Waals surface area (Å²) < 4.78 is 2.64. The quantitative estimate of drug-likeness (QED) is 0.174. The molecule has 3 heterocycles. The van der Waals surface area contributed by atoms with E-state index < -0.39 is 0 Å². The van der Waals surface area contributed by atoms with Gasteiger partial charge < -0.3 is 9.47 Å². The SMILES string of the molecule is CC1(C)c2cccc3c2-n2c4c1cc(-c1ccc(N(C5=CCCC=C5)c5ccccc5)cc1)cc4c1cc(-c4ccc5ccccc5c4)cc(c12)C3(C)C. The van der Waals surface area contributed by atoms with Crippen molar-refractivity contribution < 1.29 is 0 Å². The Kier molecular flexibility index (Phi) is 6.51. The molecule has 0 fully saturated rings. The number of benzene rings is 7. The Balaban J connectivity index is 1.15. The number of para-hydroxylation sites is 2. The predicted octanol–water partition coefficient (Wildman–Crippen LogP) is 13.9. The van der Waals surface area contributed by atoms with Crippen molar-refractivity contribution in [1.82, 2.24) is 4.57 Å². The third kappa shape index (κ3) is 4.34. The van der Waals surface area contributed by atoms with Crippen molar-refractivity contribution in [1.29, 1.82) is 0 Å². The molecule has 0 atom stereocenters. The molecule has 8 aromatic rings. The van der Waals surface area contributed by atoms with Crippen LogP contribution >= 0.6 is 0 Å². The topological polar surface area (TPSA) is 8.17 Å². The highest BCUT2D eigenvalue weighted by Crippen LogP contribution is 2.56. The number of hydrogen-bond donors (Lipinski definition) is 0. The lowest BCUT2D eigenvalue weighted by molar-refractivity contribution is 0.594. The lowest BCUT2D eigenvalue weighted by atomic mass is 9.68. The molecule has 0 spiro atoms. The fraction of sp³-hybridized carbons (Fsp3) is 0.154. The number of hydrogen-bond acceptors (Lipinski definition) is 1. The first-order valence-corrected chi connectivity index (χ1v) is 19.4. The highest BCUT2D eigenvalue weighted by Gasteiger charge is 2.43. The van der Waals surface area contributed by atoms with E-state index >= 15 is 0 Å². The Bertz CT molecular complexity index is 2910. The molecule has 0 N–H and O–H groups in total. The number of fused-ring (bicyclic) bond motifs is 2. The van der Waals surface area contributed by atoms with Gasteiger partial charge in [0.15, 0.2) is 0 Å². The number of nitrogens with zero attached hydrogens (tertiary/aromatic N) is 2. The smallest absolute Gasteiger partial charge is 0.0582 e. The average molecular weight is 695 g/mol. The zero-order chi connectivity index (χ0) is 36.3. The molecule has 1 aliphatic carbocycles. The van der Waals surface area contributed by atoms with Crippen LogP contribution in [0.15, 0.2) is 163 Å². The third-order valence-electron chi connectivity index (χ3n) is 12.7. The van der Waals surface area contributed by atoms with Crippen LogP contribution in [0.1, 0.15) is 62.8 Å². The molecular formula is C52H42N2. The minimum atomic E-state index is -0.178. The van der Waals surface area contributed by atoms with Gasteiger partial charge in [-0.1, -0.05) is 125 Å². The van der Waals surface area contributed by atoms with Crippen molar-refractivity contribution >= 4 is 44.0 Å². The Morgan fingerprint density at radius 2 is 1.07 bits per heavy atom. The largest absolute Gasteiger partial charge is 0.311 e. The molecule has 0 saturated carbocycles. The summed E-state index contributed by atoms with van der Waals surface area (Å²) in [5.74, 6) is 0. The van der Waals surface area contributed by atoms with E-state index in [9.17, 15) is 0 Å². The summed E-state index contributed by atoms with van der Waals surface area (Å²) in [5, 5.41) is 5.21. The van der Waals surface area contributed by atoms with Gasteiger partial charge in [-0.05, 0) is 129 Å². The highest BCUT2D eigenvalue weighted by atomic mass is 15.1. The van der Waals surface area contributed by atoms with E-state index in [2.05, 4.69) is 195 Å². The minimum absolute atomic E-state index is 0.166. The van der Waals surface area contributed by atoms with E-state index in [0.717, 1.165) is 12.8 Å². The molecule has 1 aromatic heterocycles. The normalized spacial score (nSPS) is 16.0. The third-order valence-corrected chi connectivity index (χ3v) is 12.7. The first-order chi connectivity index (χ1) is 26.3. The van der Waals surface area contributed by atoms with Crippen LogP contribution in [-0.4, -0.2) is 4.57 Å². The second-order valence-corrected chi connectivity index (χ2v) is 16.5. The van der Waals surface area contributed by atoms with Gasteiger partial charge >= 0.3 is 0 Å². The Hall–Kier alpha value is -6.12. The Morgan fingerprint density at radius 3 is 1.72 bits per heavy atom. The number of rotatable bonds is 5. The predicted molar refractivity (Wildman–Crippen MR) is 228 cm³/mol. The van der Waals surface area contributed by atoms with Crippen LogP contribution in [0.4, 0.5) is 11.4 Å². The van der Waals surface area contributed by atoms with Crippen molar-refractivity contribution in [3.05, 3.63) is 186 Å². The number of aromatic nitrogens is 1. The van der Waals surface area contributed by atoms with Gasteiger partial charge in [0.05, 0.1) is 16.7 Å². The van der Waals surface area contributed by atoms with Gasteiger partial charge in [0.2, 0.25) is 0 Å². The zero-order valence-electron chi connectivity index (χ0n) is 31.3. The molecule has 0 amide bonds. The second-order valence-electron chi connectivity index (χ2n) is 16.5. The molecule has 260 valence electrons. The molecule has 2 heteroatoms. The first kappa shape index (κ1) is 31.4. The van der Waals surface area contributed by atoms with Crippen LogP contribution in [0.5, 0.6) is 0 Å². The summed E-state index contributed by atoms with van der Waals surface area (Å²) in [6, 6.07) is 52.6. The average Bonchev–Trinajstić information content (AvgIpc) is 3.54. The van der Waals surface area contributed by atoms with Crippen LogP contribution in [0.2, 0.25) is 0 Å². The van der Waals surface area contributed by atoms with Crippen molar-refractivity contribution in [3.8, 4) is 27.9 Å². The second kappa shape index (κ2) is 11.2. The summed E-state index contributed by atoms with van der Waals surface area (Å²) in [7, 11) is 0. The molecule has 3 aliphatic rings. The summed E-state index contributed by atoms with van der Waals surface area (Å²) in [4.78, 5) is 2.38. The molecule has 11 rings (SSSR count). The molecule has 0 unspecified atom stereocenters. The molecule has 0 bridgehead atoms. The number of allylic oxidation sites excluding steroid dienone is 3.